The summed E-state index contributed by atoms with van der Waals surface area (Å²) in [4.78, 5) is 23.3. The van der Waals surface area contributed by atoms with Gasteiger partial charge in [-0.1, -0.05) is 55.0 Å². The van der Waals surface area contributed by atoms with Crippen molar-refractivity contribution in [3.8, 4) is 11.3 Å². The van der Waals surface area contributed by atoms with Gasteiger partial charge in [0.1, 0.15) is 0 Å². The van der Waals surface area contributed by atoms with Crippen molar-refractivity contribution >= 4 is 16.9 Å². The van der Waals surface area contributed by atoms with E-state index in [1.54, 1.807) is 0 Å². The van der Waals surface area contributed by atoms with Gasteiger partial charge in [0.25, 0.3) is 0 Å². The lowest BCUT2D eigenvalue weighted by Crippen LogP contribution is -2.46. The maximum absolute atomic E-state index is 13.1. The molecule has 0 amide bonds. The number of carbonyl (C=O) groups is 1. The minimum absolute atomic E-state index is 0.288. The number of carbonyl (C=O) groups excluding carboxylic acids is 1. The summed E-state index contributed by atoms with van der Waals surface area (Å²) in [5.41, 5.74) is 4.37. The van der Waals surface area contributed by atoms with Crippen LogP contribution < -0.4 is 0 Å². The number of ether oxygens (including phenoxy) is 1. The van der Waals surface area contributed by atoms with Crippen molar-refractivity contribution in [3.63, 3.8) is 0 Å². The van der Waals surface area contributed by atoms with Gasteiger partial charge in [-0.05, 0) is 57.9 Å². The number of aromatic nitrogens is 1. The maximum Gasteiger partial charge on any atom is 0.338 e. The third-order valence-electron chi connectivity index (χ3n) is 7.28. The predicted molar refractivity (Wildman–Crippen MR) is 132 cm³/mol. The van der Waals surface area contributed by atoms with Crippen LogP contribution in [0.2, 0.25) is 0 Å². The molecular weight excluding hydrogens is 410 g/mol. The molecule has 2 aliphatic rings. The molecule has 1 aromatic heterocycles. The first-order valence-corrected chi connectivity index (χ1v) is 12.3. The lowest BCUT2D eigenvalue weighted by atomic mass is 9.94. The number of para-hydroxylation sites is 1. The highest BCUT2D eigenvalue weighted by atomic mass is 16.5. The summed E-state index contributed by atoms with van der Waals surface area (Å²) in [7, 11) is 1.47. The fourth-order valence-electron chi connectivity index (χ4n) is 5.53. The molecule has 0 aliphatic carbocycles. The number of pyridine rings is 1. The standard InChI is InChI=1S/C28H33N3O2/c1-33-28(32)26-23-12-6-7-13-25(23)29-27(21-10-4-2-5-11-21)24(26)20-30-18-14-22(15-19-30)31-16-8-3-9-17-31/h2,4-7,10-13,22H,3,8-9,14-20H2,1H3. The van der Waals surface area contributed by atoms with E-state index in [-0.39, 0.29) is 5.97 Å². The van der Waals surface area contributed by atoms with Gasteiger partial charge in [0, 0.05) is 29.1 Å². The molecule has 33 heavy (non-hydrogen) atoms. The Balaban J connectivity index is 1.49. The first-order chi connectivity index (χ1) is 16.2. The minimum atomic E-state index is -0.288. The fraction of sp³-hybridized carbons (Fsp3) is 0.429. The van der Waals surface area contributed by atoms with Gasteiger partial charge in [-0.25, -0.2) is 9.78 Å². The Bertz CT molecular complexity index is 1100. The number of fused-ring (bicyclic) bond motifs is 1. The molecule has 172 valence electrons. The van der Waals surface area contributed by atoms with Crippen molar-refractivity contribution in [3.05, 3.63) is 65.7 Å². The zero-order valence-corrected chi connectivity index (χ0v) is 19.5. The second kappa shape index (κ2) is 10.0. The first kappa shape index (κ1) is 22.1. The van der Waals surface area contributed by atoms with Crippen LogP contribution in [-0.4, -0.2) is 60.1 Å². The van der Waals surface area contributed by atoms with Gasteiger partial charge < -0.3 is 9.64 Å². The lowest BCUT2D eigenvalue weighted by molar-refractivity contribution is 0.0598. The summed E-state index contributed by atoms with van der Waals surface area (Å²) in [6.07, 6.45) is 6.44. The van der Waals surface area contributed by atoms with E-state index in [9.17, 15) is 4.79 Å². The van der Waals surface area contributed by atoms with Crippen LogP contribution in [0.15, 0.2) is 54.6 Å². The van der Waals surface area contributed by atoms with E-state index in [1.165, 1.54) is 52.3 Å². The van der Waals surface area contributed by atoms with Crippen LogP contribution in [0.4, 0.5) is 0 Å². The number of esters is 1. The quantitative estimate of drug-likeness (QED) is 0.511. The summed E-state index contributed by atoms with van der Waals surface area (Å²) in [6, 6.07) is 18.8. The average molecular weight is 444 g/mol. The molecule has 2 fully saturated rings. The number of rotatable bonds is 5. The topological polar surface area (TPSA) is 45.7 Å². The van der Waals surface area contributed by atoms with Crippen molar-refractivity contribution in [1.82, 2.24) is 14.8 Å². The normalized spacial score (nSPS) is 18.5. The second-order valence-corrected chi connectivity index (χ2v) is 9.29. The Morgan fingerprint density at radius 1 is 0.939 bits per heavy atom. The molecular formula is C28H33N3O2. The van der Waals surface area contributed by atoms with Gasteiger partial charge in [0.05, 0.1) is 23.9 Å². The summed E-state index contributed by atoms with van der Waals surface area (Å²) >= 11 is 0. The molecule has 0 spiro atoms. The largest absolute Gasteiger partial charge is 0.465 e. The monoisotopic (exact) mass is 443 g/mol. The van der Waals surface area contributed by atoms with Crippen LogP contribution in [-0.2, 0) is 11.3 Å². The molecule has 0 saturated carbocycles. The van der Waals surface area contributed by atoms with Crippen LogP contribution in [0.25, 0.3) is 22.2 Å². The summed E-state index contributed by atoms with van der Waals surface area (Å²) in [5, 5.41) is 0.863. The van der Waals surface area contributed by atoms with E-state index in [0.29, 0.717) is 18.2 Å². The molecule has 5 heteroatoms. The van der Waals surface area contributed by atoms with Gasteiger partial charge in [-0.15, -0.1) is 0 Å². The smallest absolute Gasteiger partial charge is 0.338 e. The van der Waals surface area contributed by atoms with Gasteiger partial charge in [-0.3, -0.25) is 4.90 Å². The highest BCUT2D eigenvalue weighted by Crippen LogP contribution is 2.33. The molecule has 5 nitrogen and oxygen atoms in total. The predicted octanol–water partition coefficient (Wildman–Crippen LogP) is 5.14. The Labute approximate surface area is 196 Å². The van der Waals surface area contributed by atoms with Crippen molar-refractivity contribution in [2.45, 2.75) is 44.7 Å². The third kappa shape index (κ3) is 4.66. The van der Waals surface area contributed by atoms with E-state index in [4.69, 9.17) is 9.72 Å². The molecule has 3 aromatic rings. The zero-order valence-electron chi connectivity index (χ0n) is 19.5. The molecule has 2 aromatic carbocycles. The van der Waals surface area contributed by atoms with Gasteiger partial charge in [0.2, 0.25) is 0 Å². The number of hydrogen-bond donors (Lipinski definition) is 0. The number of methoxy groups -OCH3 is 1. The van der Waals surface area contributed by atoms with Crippen molar-refractivity contribution in [1.29, 1.82) is 0 Å². The van der Waals surface area contributed by atoms with E-state index in [1.807, 2.05) is 42.5 Å². The van der Waals surface area contributed by atoms with Gasteiger partial charge >= 0.3 is 5.97 Å². The summed E-state index contributed by atoms with van der Waals surface area (Å²) < 4.78 is 5.27. The number of likely N-dealkylation sites (tertiary alicyclic amines) is 2. The van der Waals surface area contributed by atoms with E-state index in [0.717, 1.165) is 40.8 Å². The number of benzene rings is 2. The SMILES string of the molecule is COC(=O)c1c(CN2CCC(N3CCCCC3)CC2)c(-c2ccccc2)nc2ccccc12. The van der Waals surface area contributed by atoms with Crippen molar-refractivity contribution < 1.29 is 9.53 Å². The van der Waals surface area contributed by atoms with Crippen molar-refractivity contribution in [2.75, 3.05) is 33.3 Å². The Hall–Kier alpha value is -2.76. The summed E-state index contributed by atoms with van der Waals surface area (Å²) in [5.74, 6) is -0.288. The molecule has 0 radical (unpaired) electrons. The average Bonchev–Trinajstić information content (AvgIpc) is 2.89. The lowest BCUT2D eigenvalue weighted by Gasteiger charge is -2.40. The molecule has 3 heterocycles. The second-order valence-electron chi connectivity index (χ2n) is 9.29. The van der Waals surface area contributed by atoms with E-state index >= 15 is 0 Å². The molecule has 2 saturated heterocycles. The first-order valence-electron chi connectivity index (χ1n) is 12.3. The Morgan fingerprint density at radius 3 is 2.36 bits per heavy atom. The molecule has 0 unspecified atom stereocenters. The van der Waals surface area contributed by atoms with E-state index < -0.39 is 0 Å². The van der Waals surface area contributed by atoms with Crippen LogP contribution in [0, 0.1) is 0 Å². The Kier molecular flexibility index (Phi) is 6.70. The Morgan fingerprint density at radius 2 is 1.64 bits per heavy atom. The summed E-state index contributed by atoms with van der Waals surface area (Å²) in [6.45, 7) is 5.30. The molecule has 2 aliphatic heterocycles. The number of nitrogens with zero attached hydrogens (tertiary/aromatic N) is 3. The van der Waals surface area contributed by atoms with Crippen LogP contribution in [0.1, 0.15) is 48.0 Å². The highest BCUT2D eigenvalue weighted by molar-refractivity contribution is 6.06. The number of hydrogen-bond acceptors (Lipinski definition) is 5. The molecule has 0 atom stereocenters. The van der Waals surface area contributed by atoms with E-state index in [2.05, 4.69) is 21.9 Å². The minimum Gasteiger partial charge on any atom is -0.465 e. The fourth-order valence-corrected chi connectivity index (χ4v) is 5.53. The number of piperidine rings is 2. The molecule has 5 rings (SSSR count). The molecule has 0 bridgehead atoms. The van der Waals surface area contributed by atoms with Crippen molar-refractivity contribution in [2.24, 2.45) is 0 Å². The van der Waals surface area contributed by atoms with Crippen LogP contribution >= 0.6 is 0 Å². The highest BCUT2D eigenvalue weighted by Gasteiger charge is 2.28. The maximum atomic E-state index is 13.1. The third-order valence-corrected chi connectivity index (χ3v) is 7.28. The van der Waals surface area contributed by atoms with Crippen LogP contribution in [0.5, 0.6) is 0 Å². The van der Waals surface area contributed by atoms with Gasteiger partial charge in [0.15, 0.2) is 0 Å². The van der Waals surface area contributed by atoms with Crippen LogP contribution in [0.3, 0.4) is 0 Å². The zero-order chi connectivity index (χ0) is 22.6. The molecule has 0 N–H and O–H groups in total. The van der Waals surface area contributed by atoms with Gasteiger partial charge in [-0.2, -0.15) is 0 Å².